The lowest BCUT2D eigenvalue weighted by atomic mass is 10.2. The molecule has 2 rings (SSSR count). The van der Waals surface area contributed by atoms with Crippen LogP contribution in [-0.2, 0) is 0 Å². The van der Waals surface area contributed by atoms with Crippen molar-refractivity contribution < 1.29 is 0 Å². The first-order valence-electron chi connectivity index (χ1n) is 3.69. The van der Waals surface area contributed by atoms with E-state index in [0.717, 1.165) is 6.54 Å². The van der Waals surface area contributed by atoms with Gasteiger partial charge in [-0.05, 0) is 25.0 Å². The largest absolute Gasteiger partial charge is 0.348 e. The summed E-state index contributed by atoms with van der Waals surface area (Å²) in [5, 5.41) is 0. The van der Waals surface area contributed by atoms with Gasteiger partial charge in [-0.25, -0.2) is 0 Å². The van der Waals surface area contributed by atoms with Crippen molar-refractivity contribution in [2.45, 2.75) is 13.3 Å². The molecule has 0 atom stereocenters. The number of rotatable bonds is 0. The van der Waals surface area contributed by atoms with Gasteiger partial charge in [-0.1, -0.05) is 12.2 Å². The minimum atomic E-state index is 1.16. The summed E-state index contributed by atoms with van der Waals surface area (Å²) >= 11 is 0. The molecule has 0 amide bonds. The first kappa shape index (κ1) is 5.78. The molecule has 0 aliphatic carbocycles. The Morgan fingerprint density at radius 2 is 2.30 bits per heavy atom. The number of fused-ring (bicyclic) bond motifs is 1. The van der Waals surface area contributed by atoms with Crippen molar-refractivity contribution in [3.05, 3.63) is 35.7 Å². The summed E-state index contributed by atoms with van der Waals surface area (Å²) in [7, 11) is 0. The van der Waals surface area contributed by atoms with E-state index in [-0.39, 0.29) is 0 Å². The molecule has 1 nitrogen and oxygen atoms in total. The highest BCUT2D eigenvalue weighted by Crippen LogP contribution is 2.21. The minimum Gasteiger partial charge on any atom is -0.348 e. The average molecular weight is 133 g/mol. The van der Waals surface area contributed by atoms with Crippen LogP contribution >= 0.6 is 0 Å². The summed E-state index contributed by atoms with van der Waals surface area (Å²) in [6, 6.07) is 0. The van der Waals surface area contributed by atoms with Gasteiger partial charge in [-0.3, -0.25) is 0 Å². The lowest BCUT2D eigenvalue weighted by molar-refractivity contribution is 0.516. The molecule has 0 unspecified atom stereocenters. The fourth-order valence-electron chi connectivity index (χ4n) is 1.41. The lowest BCUT2D eigenvalue weighted by Gasteiger charge is -2.19. The van der Waals surface area contributed by atoms with E-state index in [4.69, 9.17) is 0 Å². The van der Waals surface area contributed by atoms with Crippen LogP contribution in [0.1, 0.15) is 13.3 Å². The van der Waals surface area contributed by atoms with Crippen LogP contribution in [0.5, 0.6) is 0 Å². The first-order valence-corrected chi connectivity index (χ1v) is 3.69. The van der Waals surface area contributed by atoms with Crippen molar-refractivity contribution in [2.24, 2.45) is 0 Å². The molecule has 0 bridgehead atoms. The molecule has 2 heterocycles. The van der Waals surface area contributed by atoms with E-state index >= 15 is 0 Å². The van der Waals surface area contributed by atoms with E-state index in [9.17, 15) is 0 Å². The molecule has 0 saturated heterocycles. The molecule has 0 spiro atoms. The molecule has 0 aromatic carbocycles. The fourth-order valence-corrected chi connectivity index (χ4v) is 1.41. The highest BCUT2D eigenvalue weighted by Gasteiger charge is 2.12. The van der Waals surface area contributed by atoms with Gasteiger partial charge in [0.15, 0.2) is 0 Å². The molecule has 0 aromatic rings. The van der Waals surface area contributed by atoms with E-state index < -0.39 is 0 Å². The monoisotopic (exact) mass is 133 g/mol. The third-order valence-corrected chi connectivity index (χ3v) is 1.93. The Bertz CT molecular complexity index is 233. The first-order chi connectivity index (χ1) is 4.86. The average Bonchev–Trinajstić information content (AvgIpc) is 2.33. The van der Waals surface area contributed by atoms with Crippen LogP contribution in [0, 0.1) is 0 Å². The Labute approximate surface area is 61.3 Å². The smallest absolute Gasteiger partial charge is 0.0366 e. The Balaban J connectivity index is 2.32. The standard InChI is InChI=1S/C9H11N/c1-8-4-5-9-3-2-6-10(9)7-8/h3-5,7H,2,6H2,1H3. The number of hydrogen-bond donors (Lipinski definition) is 0. The Morgan fingerprint density at radius 3 is 3.20 bits per heavy atom. The second-order valence-corrected chi connectivity index (χ2v) is 2.82. The summed E-state index contributed by atoms with van der Waals surface area (Å²) in [6.45, 7) is 3.29. The lowest BCUT2D eigenvalue weighted by Crippen LogP contribution is -2.13. The Hall–Kier alpha value is -0.980. The Kier molecular flexibility index (Phi) is 1.16. The van der Waals surface area contributed by atoms with Gasteiger partial charge < -0.3 is 4.90 Å². The molecular formula is C9H11N. The van der Waals surface area contributed by atoms with Crippen molar-refractivity contribution in [3.63, 3.8) is 0 Å². The zero-order chi connectivity index (χ0) is 6.97. The van der Waals surface area contributed by atoms with Gasteiger partial charge >= 0.3 is 0 Å². The van der Waals surface area contributed by atoms with Gasteiger partial charge in [0.2, 0.25) is 0 Å². The van der Waals surface area contributed by atoms with Gasteiger partial charge in [0.05, 0.1) is 0 Å². The second-order valence-electron chi connectivity index (χ2n) is 2.82. The van der Waals surface area contributed by atoms with Crippen LogP contribution in [0.25, 0.3) is 0 Å². The normalized spacial score (nSPS) is 22.3. The summed E-state index contributed by atoms with van der Waals surface area (Å²) < 4.78 is 0. The highest BCUT2D eigenvalue weighted by molar-refractivity contribution is 5.34. The van der Waals surface area contributed by atoms with E-state index in [1.165, 1.54) is 17.7 Å². The van der Waals surface area contributed by atoms with Crippen LogP contribution in [0.4, 0.5) is 0 Å². The minimum absolute atomic E-state index is 1.16. The third-order valence-electron chi connectivity index (χ3n) is 1.93. The predicted molar refractivity (Wildman–Crippen MR) is 42.3 cm³/mol. The molecule has 10 heavy (non-hydrogen) atoms. The van der Waals surface area contributed by atoms with Crippen molar-refractivity contribution >= 4 is 0 Å². The molecule has 2 aliphatic heterocycles. The van der Waals surface area contributed by atoms with Crippen LogP contribution in [0.2, 0.25) is 0 Å². The maximum absolute atomic E-state index is 2.30. The van der Waals surface area contributed by atoms with Gasteiger partial charge in [-0.2, -0.15) is 0 Å². The van der Waals surface area contributed by atoms with Crippen LogP contribution in [0.3, 0.4) is 0 Å². The van der Waals surface area contributed by atoms with Crippen LogP contribution in [0.15, 0.2) is 35.7 Å². The quantitative estimate of drug-likeness (QED) is 0.489. The third kappa shape index (κ3) is 0.783. The predicted octanol–water partition coefficient (Wildman–Crippen LogP) is 2.05. The van der Waals surface area contributed by atoms with E-state index in [1.54, 1.807) is 0 Å². The van der Waals surface area contributed by atoms with E-state index in [2.05, 4.69) is 36.3 Å². The molecule has 1 heteroatoms. The van der Waals surface area contributed by atoms with E-state index in [1.807, 2.05) is 0 Å². The van der Waals surface area contributed by atoms with Crippen LogP contribution < -0.4 is 0 Å². The zero-order valence-electron chi connectivity index (χ0n) is 6.17. The molecule has 0 saturated carbocycles. The topological polar surface area (TPSA) is 3.24 Å². The van der Waals surface area contributed by atoms with Crippen molar-refractivity contribution in [1.82, 2.24) is 4.90 Å². The zero-order valence-corrected chi connectivity index (χ0v) is 6.17. The SMILES string of the molecule is CC1=CN2CCC=C2C=C1. The Morgan fingerprint density at radius 1 is 1.40 bits per heavy atom. The molecular weight excluding hydrogens is 122 g/mol. The maximum Gasteiger partial charge on any atom is 0.0366 e. The van der Waals surface area contributed by atoms with Crippen LogP contribution in [-0.4, -0.2) is 11.4 Å². The number of allylic oxidation sites excluding steroid dienone is 3. The summed E-state index contributed by atoms with van der Waals surface area (Å²) in [5.41, 5.74) is 2.71. The molecule has 0 aromatic heterocycles. The van der Waals surface area contributed by atoms with Gasteiger partial charge in [-0.15, -0.1) is 0 Å². The van der Waals surface area contributed by atoms with Gasteiger partial charge in [0.1, 0.15) is 0 Å². The molecule has 0 radical (unpaired) electrons. The molecule has 0 N–H and O–H groups in total. The summed E-state index contributed by atoms with van der Waals surface area (Å²) in [6.07, 6.45) is 10.0. The highest BCUT2D eigenvalue weighted by atomic mass is 15.1. The maximum atomic E-state index is 2.30. The summed E-state index contributed by atoms with van der Waals surface area (Å²) in [5.74, 6) is 0. The number of hydrogen-bond acceptors (Lipinski definition) is 1. The second kappa shape index (κ2) is 2.01. The van der Waals surface area contributed by atoms with Gasteiger partial charge in [0.25, 0.3) is 0 Å². The fraction of sp³-hybridized carbons (Fsp3) is 0.333. The molecule has 52 valence electrons. The van der Waals surface area contributed by atoms with Gasteiger partial charge in [0, 0.05) is 18.4 Å². The summed E-state index contributed by atoms with van der Waals surface area (Å²) in [4.78, 5) is 2.30. The number of nitrogens with zero attached hydrogens (tertiary/aromatic N) is 1. The molecule has 2 aliphatic rings. The van der Waals surface area contributed by atoms with Crippen molar-refractivity contribution in [1.29, 1.82) is 0 Å². The van der Waals surface area contributed by atoms with E-state index in [0.29, 0.717) is 0 Å². The van der Waals surface area contributed by atoms with Crippen molar-refractivity contribution in [3.8, 4) is 0 Å². The molecule has 0 fully saturated rings. The van der Waals surface area contributed by atoms with Crippen molar-refractivity contribution in [2.75, 3.05) is 6.54 Å².